The van der Waals surface area contributed by atoms with Crippen LogP contribution in [0.25, 0.3) is 0 Å². The van der Waals surface area contributed by atoms with Gasteiger partial charge in [-0.3, -0.25) is 9.59 Å². The van der Waals surface area contributed by atoms with Crippen molar-refractivity contribution in [2.75, 3.05) is 0 Å². The normalized spacial score (nSPS) is 43.7. The Kier molecular flexibility index (Phi) is 8.51. The van der Waals surface area contributed by atoms with Gasteiger partial charge in [0.1, 0.15) is 6.04 Å². The van der Waals surface area contributed by atoms with Crippen molar-refractivity contribution in [2.45, 2.75) is 116 Å². The summed E-state index contributed by atoms with van der Waals surface area (Å²) in [4.78, 5) is 34.8. The Morgan fingerprint density at radius 1 is 0.921 bits per heavy atom. The Bertz CT molecular complexity index is 911. The summed E-state index contributed by atoms with van der Waals surface area (Å²) in [6, 6.07) is -1.22. The Balaban J connectivity index is 1.42. The summed E-state index contributed by atoms with van der Waals surface area (Å²) in [5.41, 5.74) is -0.338. The monoisotopic (exact) mass is 537 g/mol. The van der Waals surface area contributed by atoms with Gasteiger partial charge in [0.15, 0.2) is 0 Å². The van der Waals surface area contributed by atoms with Crippen LogP contribution in [0.15, 0.2) is 0 Å². The van der Waals surface area contributed by atoms with Gasteiger partial charge in [-0.05, 0) is 104 Å². The van der Waals surface area contributed by atoms with Crippen LogP contribution in [0.5, 0.6) is 0 Å². The molecule has 0 unspecified atom stereocenters. The van der Waals surface area contributed by atoms with Crippen LogP contribution in [0.4, 0.5) is 0 Å². The van der Waals surface area contributed by atoms with Crippen molar-refractivity contribution in [3.63, 3.8) is 0 Å². The minimum atomic E-state index is -1.24. The van der Waals surface area contributed by atoms with Crippen LogP contribution >= 0.6 is 0 Å². The number of amides is 1. The zero-order chi connectivity index (χ0) is 28.0. The molecule has 0 aliphatic heterocycles. The van der Waals surface area contributed by atoms with Crippen molar-refractivity contribution in [2.24, 2.45) is 46.3 Å². The van der Waals surface area contributed by atoms with Crippen LogP contribution in [0.2, 0.25) is 0 Å². The first kappa shape index (κ1) is 29.3. The molecule has 4 aliphatic rings. The number of fused-ring (bicyclic) bond motifs is 5. The Labute approximate surface area is 225 Å². The molecule has 0 aromatic heterocycles. The fourth-order valence-corrected chi connectivity index (χ4v) is 9.48. The predicted molar refractivity (Wildman–Crippen MR) is 139 cm³/mol. The van der Waals surface area contributed by atoms with Crippen molar-refractivity contribution < 1.29 is 39.9 Å². The first-order valence-electron chi connectivity index (χ1n) is 14.6. The summed E-state index contributed by atoms with van der Waals surface area (Å²) in [5, 5.41) is 54.0. The molecule has 0 aromatic carbocycles. The maximum atomic E-state index is 12.5. The van der Waals surface area contributed by atoms with Gasteiger partial charge in [-0.1, -0.05) is 20.8 Å². The molecule has 0 heterocycles. The molecule has 0 bridgehead atoms. The molecule has 1 amide bonds. The first-order chi connectivity index (χ1) is 17.8. The molecule has 0 spiro atoms. The summed E-state index contributed by atoms with van der Waals surface area (Å²) < 4.78 is 0. The third kappa shape index (κ3) is 5.22. The van der Waals surface area contributed by atoms with Gasteiger partial charge in [0, 0.05) is 12.8 Å². The average molecular weight is 538 g/mol. The highest BCUT2D eigenvalue weighted by Gasteiger charge is 2.65. The third-order valence-electron chi connectivity index (χ3n) is 11.6. The third-order valence-corrected chi connectivity index (χ3v) is 11.6. The van der Waals surface area contributed by atoms with Crippen molar-refractivity contribution in [1.82, 2.24) is 5.32 Å². The molecule has 12 atom stereocenters. The summed E-state index contributed by atoms with van der Waals surface area (Å²) in [6.45, 7) is 6.59. The van der Waals surface area contributed by atoms with Gasteiger partial charge in [-0.2, -0.15) is 0 Å². The molecule has 4 fully saturated rings. The molecule has 216 valence electrons. The zero-order valence-corrected chi connectivity index (χ0v) is 23.0. The van der Waals surface area contributed by atoms with E-state index in [0.29, 0.717) is 19.3 Å². The molecule has 4 rings (SSSR count). The van der Waals surface area contributed by atoms with E-state index in [2.05, 4.69) is 26.1 Å². The van der Waals surface area contributed by atoms with Gasteiger partial charge in [0.25, 0.3) is 0 Å². The summed E-state index contributed by atoms with van der Waals surface area (Å²) >= 11 is 0. The fourth-order valence-electron chi connectivity index (χ4n) is 9.48. The number of aliphatic carboxylic acids is 2. The molecule has 6 N–H and O–H groups in total. The van der Waals surface area contributed by atoms with Gasteiger partial charge in [0.2, 0.25) is 5.91 Å². The number of nitrogens with one attached hydrogen (secondary N) is 1. The number of aliphatic hydroxyl groups is 3. The maximum absolute atomic E-state index is 12.5. The lowest BCUT2D eigenvalue weighted by Crippen LogP contribution is -2.62. The number of carbonyl (C=O) groups is 3. The van der Waals surface area contributed by atoms with Gasteiger partial charge in [-0.15, -0.1) is 0 Å². The Morgan fingerprint density at radius 2 is 1.63 bits per heavy atom. The van der Waals surface area contributed by atoms with E-state index in [1.54, 1.807) is 0 Å². The lowest BCUT2D eigenvalue weighted by molar-refractivity contribution is -0.207. The number of carboxylic acids is 2. The van der Waals surface area contributed by atoms with Crippen LogP contribution in [-0.2, 0) is 14.4 Å². The number of hydrogen-bond donors (Lipinski definition) is 6. The molecule has 0 aromatic rings. The number of carbonyl (C=O) groups excluding carboxylic acids is 1. The van der Waals surface area contributed by atoms with E-state index in [-0.39, 0.29) is 71.7 Å². The van der Waals surface area contributed by atoms with Crippen molar-refractivity contribution in [3.8, 4) is 0 Å². The summed E-state index contributed by atoms with van der Waals surface area (Å²) in [6.07, 6.45) is 4.64. The summed E-state index contributed by atoms with van der Waals surface area (Å²) in [7, 11) is 0. The molecule has 4 aliphatic carbocycles. The van der Waals surface area contributed by atoms with E-state index in [1.165, 1.54) is 0 Å². The quantitative estimate of drug-likeness (QED) is 0.261. The SMILES string of the molecule is C[C@H](CCC(=O)N[C@@H](CCC(=O)O)C(=O)O)[C@H]1CC[C@H]2[C@@H]3[C@@H](O)C[C@@H]4C[C@H](O)CC[C@]4(C)[C@H]3C[C@H](O)[C@]12C. The standard InChI is InChI=1S/C29H47NO8/c1-15(4-8-24(34)30-21(27(37)38)7-9-25(35)36)18-5-6-19-26-20(14-23(33)29(18,19)3)28(2)11-10-17(31)12-16(28)13-22(26)32/h15-23,26,31-33H,4-14H2,1-3H3,(H,30,34)(H,35,36)(H,37,38)/t15-,16+,17-,18-,19+,20+,21+,22+,23+,26+,28+,29-/m1/s1. The van der Waals surface area contributed by atoms with E-state index in [9.17, 15) is 34.8 Å². The second kappa shape index (κ2) is 11.0. The minimum absolute atomic E-state index is 0.0224. The van der Waals surface area contributed by atoms with Crippen molar-refractivity contribution in [3.05, 3.63) is 0 Å². The second-order valence-corrected chi connectivity index (χ2v) is 13.4. The Hall–Kier alpha value is -1.71. The fraction of sp³-hybridized carbons (Fsp3) is 0.897. The number of rotatable bonds is 9. The van der Waals surface area contributed by atoms with Gasteiger partial charge < -0.3 is 30.8 Å². The maximum Gasteiger partial charge on any atom is 0.326 e. The van der Waals surface area contributed by atoms with Crippen LogP contribution in [-0.4, -0.2) is 67.7 Å². The molecule has 0 radical (unpaired) electrons. The van der Waals surface area contributed by atoms with E-state index in [1.807, 2.05) is 0 Å². The summed E-state index contributed by atoms with van der Waals surface area (Å²) in [5.74, 6) is -1.61. The van der Waals surface area contributed by atoms with Crippen molar-refractivity contribution in [1.29, 1.82) is 0 Å². The highest BCUT2D eigenvalue weighted by molar-refractivity contribution is 5.83. The smallest absolute Gasteiger partial charge is 0.326 e. The average Bonchev–Trinajstić information content (AvgIpc) is 3.20. The molecular formula is C29H47NO8. The van der Waals surface area contributed by atoms with Crippen LogP contribution < -0.4 is 5.32 Å². The molecule has 9 heteroatoms. The van der Waals surface area contributed by atoms with E-state index in [4.69, 9.17) is 5.11 Å². The topological polar surface area (TPSA) is 164 Å². The zero-order valence-electron chi connectivity index (χ0n) is 23.0. The van der Waals surface area contributed by atoms with Crippen LogP contribution in [0, 0.1) is 46.3 Å². The van der Waals surface area contributed by atoms with E-state index < -0.39 is 36.1 Å². The van der Waals surface area contributed by atoms with Crippen LogP contribution in [0.3, 0.4) is 0 Å². The molecule has 9 nitrogen and oxygen atoms in total. The molecule has 4 saturated carbocycles. The number of carboxylic acid groups (broad SMARTS) is 2. The van der Waals surface area contributed by atoms with Crippen LogP contribution in [0.1, 0.15) is 91.4 Å². The lowest BCUT2D eigenvalue weighted by atomic mass is 9.43. The molecule has 0 saturated heterocycles. The van der Waals surface area contributed by atoms with E-state index >= 15 is 0 Å². The number of aliphatic hydroxyl groups excluding tert-OH is 3. The number of hydrogen-bond acceptors (Lipinski definition) is 6. The van der Waals surface area contributed by atoms with Gasteiger partial charge in [0.05, 0.1) is 18.3 Å². The second-order valence-electron chi connectivity index (χ2n) is 13.4. The lowest BCUT2D eigenvalue weighted by Gasteiger charge is -2.63. The van der Waals surface area contributed by atoms with Gasteiger partial charge >= 0.3 is 11.9 Å². The van der Waals surface area contributed by atoms with Crippen molar-refractivity contribution >= 4 is 17.8 Å². The highest BCUT2D eigenvalue weighted by Crippen LogP contribution is 2.68. The predicted octanol–water partition coefficient (Wildman–Crippen LogP) is 2.80. The largest absolute Gasteiger partial charge is 0.481 e. The van der Waals surface area contributed by atoms with E-state index in [0.717, 1.165) is 32.1 Å². The first-order valence-corrected chi connectivity index (χ1v) is 14.6. The minimum Gasteiger partial charge on any atom is -0.481 e. The molecule has 38 heavy (non-hydrogen) atoms. The highest BCUT2D eigenvalue weighted by atomic mass is 16.4. The Morgan fingerprint density at radius 3 is 2.29 bits per heavy atom. The molecular weight excluding hydrogens is 490 g/mol. The van der Waals surface area contributed by atoms with Gasteiger partial charge in [-0.25, -0.2) is 4.79 Å².